The Balaban J connectivity index is 1.70. The molecule has 0 fully saturated rings. The third kappa shape index (κ3) is 14.6. The Labute approximate surface area is 161 Å². The predicted octanol–water partition coefficient (Wildman–Crippen LogP) is 7.05. The molecule has 0 saturated heterocycles. The van der Waals surface area contributed by atoms with Crippen molar-refractivity contribution < 1.29 is 5.11 Å². The SMILES string of the molecule is OCCCSSCCCCCCCCCCCSc1ccccc1. The number of rotatable bonds is 17. The van der Waals surface area contributed by atoms with Crippen LogP contribution < -0.4 is 0 Å². The van der Waals surface area contributed by atoms with Crippen LogP contribution in [0.1, 0.15) is 64.2 Å². The summed E-state index contributed by atoms with van der Waals surface area (Å²) in [4.78, 5) is 1.41. The van der Waals surface area contributed by atoms with Gasteiger partial charge in [-0.05, 0) is 37.1 Å². The molecule has 1 rings (SSSR count). The lowest BCUT2D eigenvalue weighted by atomic mass is 10.1. The lowest BCUT2D eigenvalue weighted by Gasteiger charge is -2.03. The molecule has 24 heavy (non-hydrogen) atoms. The molecule has 1 aromatic carbocycles. The van der Waals surface area contributed by atoms with Gasteiger partial charge in [0.1, 0.15) is 0 Å². The summed E-state index contributed by atoms with van der Waals surface area (Å²) in [5.74, 6) is 3.62. The first-order chi connectivity index (χ1) is 11.9. The molecular formula is C20H34OS3. The minimum absolute atomic E-state index is 0.333. The highest BCUT2D eigenvalue weighted by Gasteiger charge is 1.96. The van der Waals surface area contributed by atoms with Crippen LogP contribution in [0.3, 0.4) is 0 Å². The van der Waals surface area contributed by atoms with Crippen LogP contribution in [0, 0.1) is 0 Å². The molecule has 0 heterocycles. The molecule has 0 radical (unpaired) electrons. The molecule has 0 spiro atoms. The monoisotopic (exact) mass is 386 g/mol. The molecule has 4 heteroatoms. The van der Waals surface area contributed by atoms with Gasteiger partial charge in [-0.25, -0.2) is 0 Å². The lowest BCUT2D eigenvalue weighted by Crippen LogP contribution is -1.85. The van der Waals surface area contributed by atoms with Crippen molar-refractivity contribution in [2.24, 2.45) is 0 Å². The maximum atomic E-state index is 8.69. The van der Waals surface area contributed by atoms with Gasteiger partial charge in [0.25, 0.3) is 0 Å². The second kappa shape index (κ2) is 18.0. The number of thioether (sulfide) groups is 1. The molecule has 0 aromatic heterocycles. The maximum absolute atomic E-state index is 8.69. The van der Waals surface area contributed by atoms with Gasteiger partial charge in [-0.3, -0.25) is 0 Å². The molecule has 1 N–H and O–H groups in total. The van der Waals surface area contributed by atoms with E-state index in [4.69, 9.17) is 5.11 Å². The summed E-state index contributed by atoms with van der Waals surface area (Å²) in [7, 11) is 3.89. The number of aliphatic hydroxyl groups excluding tert-OH is 1. The smallest absolute Gasteiger partial charge is 0.0439 e. The van der Waals surface area contributed by atoms with Crippen molar-refractivity contribution in [2.75, 3.05) is 23.9 Å². The first-order valence-electron chi connectivity index (χ1n) is 9.46. The van der Waals surface area contributed by atoms with E-state index >= 15 is 0 Å². The van der Waals surface area contributed by atoms with Crippen molar-refractivity contribution in [2.45, 2.75) is 69.1 Å². The van der Waals surface area contributed by atoms with Crippen LogP contribution in [0.4, 0.5) is 0 Å². The molecule has 0 aliphatic heterocycles. The van der Waals surface area contributed by atoms with Crippen LogP contribution in [-0.2, 0) is 0 Å². The highest BCUT2D eigenvalue weighted by Crippen LogP contribution is 2.23. The molecule has 0 atom stereocenters. The Bertz CT molecular complexity index is 359. The second-order valence-corrected chi connectivity index (χ2v) is 9.94. The van der Waals surface area contributed by atoms with Crippen LogP contribution in [-0.4, -0.2) is 29.0 Å². The second-order valence-electron chi connectivity index (χ2n) is 6.06. The number of aliphatic hydroxyl groups is 1. The van der Waals surface area contributed by atoms with E-state index in [0.717, 1.165) is 12.2 Å². The molecule has 0 aliphatic carbocycles. The van der Waals surface area contributed by atoms with E-state index in [-0.39, 0.29) is 0 Å². The van der Waals surface area contributed by atoms with Crippen LogP contribution in [0.5, 0.6) is 0 Å². The Hall–Kier alpha value is 0.230. The fourth-order valence-electron chi connectivity index (χ4n) is 2.45. The Morgan fingerprint density at radius 2 is 1.08 bits per heavy atom. The van der Waals surface area contributed by atoms with Crippen molar-refractivity contribution in [3.63, 3.8) is 0 Å². The largest absolute Gasteiger partial charge is 0.396 e. The van der Waals surface area contributed by atoms with Gasteiger partial charge in [-0.2, -0.15) is 0 Å². The number of unbranched alkanes of at least 4 members (excludes halogenated alkanes) is 8. The van der Waals surface area contributed by atoms with Crippen LogP contribution in [0.25, 0.3) is 0 Å². The highest BCUT2D eigenvalue weighted by atomic mass is 33.1. The fraction of sp³-hybridized carbons (Fsp3) is 0.700. The quantitative estimate of drug-likeness (QED) is 0.176. The standard InChI is InChI=1S/C20H34OS3/c21-16-13-19-24-23-18-12-7-5-3-1-2-4-6-11-17-22-20-14-9-8-10-15-20/h8-10,14-15,21H,1-7,11-13,16-19H2. The Kier molecular flexibility index (Phi) is 16.7. The average Bonchev–Trinajstić information content (AvgIpc) is 2.62. The summed E-state index contributed by atoms with van der Waals surface area (Å²) in [5.41, 5.74) is 0. The van der Waals surface area contributed by atoms with Crippen molar-refractivity contribution >= 4 is 33.3 Å². The molecule has 1 aromatic rings. The molecule has 0 aliphatic rings. The topological polar surface area (TPSA) is 20.2 Å². The minimum Gasteiger partial charge on any atom is -0.396 e. The molecule has 138 valence electrons. The van der Waals surface area contributed by atoms with Crippen molar-refractivity contribution in [3.05, 3.63) is 30.3 Å². The van der Waals surface area contributed by atoms with E-state index < -0.39 is 0 Å². The zero-order valence-corrected chi connectivity index (χ0v) is 17.4. The third-order valence-corrected chi connectivity index (χ3v) is 7.53. The predicted molar refractivity (Wildman–Crippen MR) is 115 cm³/mol. The number of hydrogen-bond acceptors (Lipinski definition) is 4. The van der Waals surface area contributed by atoms with Gasteiger partial charge in [0.2, 0.25) is 0 Å². The van der Waals surface area contributed by atoms with Crippen molar-refractivity contribution in [1.29, 1.82) is 0 Å². The average molecular weight is 387 g/mol. The van der Waals surface area contributed by atoms with Gasteiger partial charge in [-0.1, -0.05) is 84.7 Å². The first kappa shape index (κ1) is 22.3. The van der Waals surface area contributed by atoms with E-state index in [1.807, 2.05) is 33.3 Å². The summed E-state index contributed by atoms with van der Waals surface area (Å²) >= 11 is 1.99. The molecule has 0 saturated carbocycles. The first-order valence-corrected chi connectivity index (χ1v) is 12.9. The summed E-state index contributed by atoms with van der Waals surface area (Å²) in [5, 5.41) is 8.69. The summed E-state index contributed by atoms with van der Waals surface area (Å²) in [6.45, 7) is 0.333. The van der Waals surface area contributed by atoms with Gasteiger partial charge < -0.3 is 5.11 Å². The normalized spacial score (nSPS) is 11.0. The van der Waals surface area contributed by atoms with Crippen LogP contribution in [0.15, 0.2) is 35.2 Å². The zero-order chi connectivity index (χ0) is 17.1. The van der Waals surface area contributed by atoms with E-state index in [2.05, 4.69) is 30.3 Å². The number of hydrogen-bond donors (Lipinski definition) is 1. The zero-order valence-electron chi connectivity index (χ0n) is 15.0. The van der Waals surface area contributed by atoms with E-state index in [1.165, 1.54) is 74.2 Å². The van der Waals surface area contributed by atoms with E-state index in [9.17, 15) is 0 Å². The van der Waals surface area contributed by atoms with Crippen LogP contribution in [0.2, 0.25) is 0 Å². The van der Waals surface area contributed by atoms with E-state index in [1.54, 1.807) is 0 Å². The van der Waals surface area contributed by atoms with Crippen molar-refractivity contribution in [1.82, 2.24) is 0 Å². The van der Waals surface area contributed by atoms with Gasteiger partial charge in [0, 0.05) is 23.0 Å². The third-order valence-electron chi connectivity index (χ3n) is 3.85. The van der Waals surface area contributed by atoms with Gasteiger partial charge in [0.15, 0.2) is 0 Å². The summed E-state index contributed by atoms with van der Waals surface area (Å²) < 4.78 is 0. The summed E-state index contributed by atoms with van der Waals surface area (Å²) in [6, 6.07) is 10.7. The van der Waals surface area contributed by atoms with Gasteiger partial charge in [0.05, 0.1) is 0 Å². The Morgan fingerprint density at radius 1 is 0.583 bits per heavy atom. The molecule has 0 unspecified atom stereocenters. The number of benzene rings is 1. The van der Waals surface area contributed by atoms with Gasteiger partial charge in [-0.15, -0.1) is 11.8 Å². The maximum Gasteiger partial charge on any atom is 0.0439 e. The minimum atomic E-state index is 0.333. The Morgan fingerprint density at radius 3 is 1.67 bits per heavy atom. The summed E-state index contributed by atoms with van der Waals surface area (Å²) in [6.07, 6.45) is 13.5. The molecular weight excluding hydrogens is 352 g/mol. The molecule has 0 bridgehead atoms. The highest BCUT2D eigenvalue weighted by molar-refractivity contribution is 8.76. The molecule has 0 amide bonds. The van der Waals surface area contributed by atoms with E-state index in [0.29, 0.717) is 6.61 Å². The van der Waals surface area contributed by atoms with Crippen molar-refractivity contribution in [3.8, 4) is 0 Å². The fourth-order valence-corrected chi connectivity index (χ4v) is 5.60. The van der Waals surface area contributed by atoms with Crippen LogP contribution >= 0.6 is 33.3 Å². The van der Waals surface area contributed by atoms with Gasteiger partial charge >= 0.3 is 0 Å². The lowest BCUT2D eigenvalue weighted by molar-refractivity contribution is 0.296. The molecule has 1 nitrogen and oxygen atoms in total.